The van der Waals surface area contributed by atoms with Crippen LogP contribution in [0.3, 0.4) is 0 Å². The van der Waals surface area contributed by atoms with Gasteiger partial charge in [-0.2, -0.15) is 0 Å². The molecule has 0 bridgehead atoms. The van der Waals surface area contributed by atoms with Gasteiger partial charge < -0.3 is 29.7 Å². The molecule has 1 fully saturated rings. The van der Waals surface area contributed by atoms with E-state index in [2.05, 4.69) is 10.2 Å². The van der Waals surface area contributed by atoms with E-state index < -0.39 is 18.2 Å². The van der Waals surface area contributed by atoms with Crippen LogP contribution in [0.2, 0.25) is 0 Å². The first kappa shape index (κ1) is 27.9. The van der Waals surface area contributed by atoms with E-state index >= 15 is 0 Å². The van der Waals surface area contributed by atoms with Crippen LogP contribution in [0.4, 0.5) is 0 Å². The van der Waals surface area contributed by atoms with Crippen molar-refractivity contribution in [1.82, 2.24) is 10.2 Å². The minimum absolute atomic E-state index is 0.0764. The van der Waals surface area contributed by atoms with Crippen molar-refractivity contribution < 1.29 is 34.0 Å². The highest BCUT2D eigenvalue weighted by Crippen LogP contribution is 2.33. The van der Waals surface area contributed by atoms with Crippen LogP contribution in [0.25, 0.3) is 0 Å². The number of hydrogen-bond donors (Lipinski definition) is 3. The van der Waals surface area contributed by atoms with Gasteiger partial charge in [0.25, 0.3) is 0 Å². The van der Waals surface area contributed by atoms with Crippen LogP contribution in [0.1, 0.15) is 60.6 Å². The van der Waals surface area contributed by atoms with Crippen molar-refractivity contribution in [3.05, 3.63) is 53.6 Å². The molecular formula is C29H38N2O7. The molecule has 3 atom stereocenters. The molecule has 1 amide bonds. The van der Waals surface area contributed by atoms with Crippen LogP contribution in [0.5, 0.6) is 17.2 Å². The van der Waals surface area contributed by atoms with Crippen LogP contribution in [0, 0.1) is 0 Å². The van der Waals surface area contributed by atoms with Crippen molar-refractivity contribution in [3.8, 4) is 17.2 Å². The highest BCUT2D eigenvalue weighted by Gasteiger charge is 2.29. The second kappa shape index (κ2) is 13.6. The first-order valence-corrected chi connectivity index (χ1v) is 13.4. The quantitative estimate of drug-likeness (QED) is 0.269. The second-order valence-electron chi connectivity index (χ2n) is 9.94. The van der Waals surface area contributed by atoms with E-state index in [1.54, 1.807) is 49.6 Å². The average molecular weight is 527 g/mol. The number of benzene rings is 2. The molecule has 38 heavy (non-hydrogen) atoms. The molecule has 0 aromatic heterocycles. The number of rotatable bonds is 13. The first-order valence-electron chi connectivity index (χ1n) is 13.4. The average Bonchev–Trinajstić information content (AvgIpc) is 3.36. The molecule has 2 aliphatic rings. The smallest absolute Gasteiger partial charge is 0.220 e. The number of aliphatic hydroxyl groups is 2. The molecule has 3 N–H and O–H groups in total. The summed E-state index contributed by atoms with van der Waals surface area (Å²) in [6.07, 6.45) is 2.18. The lowest BCUT2D eigenvalue weighted by Crippen LogP contribution is -2.47. The van der Waals surface area contributed by atoms with Crippen LogP contribution in [0.15, 0.2) is 42.5 Å². The molecule has 0 aliphatic carbocycles. The number of Topliss-reactive ketones (excluding diaryl/α,β-unsaturated/α-hetero) is 1. The summed E-state index contributed by atoms with van der Waals surface area (Å²) in [5, 5.41) is 24.2. The number of fused-ring (bicyclic) bond motifs is 1. The minimum atomic E-state index is -0.949. The number of unbranched alkanes of at least 4 members (excludes halogenated alkanes) is 2. The zero-order valence-electron chi connectivity index (χ0n) is 21.9. The summed E-state index contributed by atoms with van der Waals surface area (Å²) in [4.78, 5) is 27.3. The Morgan fingerprint density at radius 1 is 1.05 bits per heavy atom. The highest BCUT2D eigenvalue weighted by atomic mass is 16.6. The van der Waals surface area contributed by atoms with Gasteiger partial charge >= 0.3 is 0 Å². The molecule has 9 heteroatoms. The SMILES string of the molecule is COc1ccc(C(=O)CCCCCC(=O)N[C@H](CN2CC[C@H](O)C2)[C@H](O)c2ccc3c(c2)OCCO3)cc1. The van der Waals surface area contributed by atoms with Crippen molar-refractivity contribution in [3.63, 3.8) is 0 Å². The van der Waals surface area contributed by atoms with Crippen molar-refractivity contribution in [1.29, 1.82) is 0 Å². The Labute approximate surface area is 223 Å². The van der Waals surface area contributed by atoms with Gasteiger partial charge in [-0.25, -0.2) is 0 Å². The fourth-order valence-electron chi connectivity index (χ4n) is 4.90. The van der Waals surface area contributed by atoms with Crippen LogP contribution < -0.4 is 19.5 Å². The number of ether oxygens (including phenoxy) is 3. The van der Waals surface area contributed by atoms with E-state index in [9.17, 15) is 19.8 Å². The number of nitrogens with one attached hydrogen (secondary N) is 1. The predicted octanol–water partition coefficient (Wildman–Crippen LogP) is 2.88. The van der Waals surface area contributed by atoms with Gasteiger partial charge in [-0.15, -0.1) is 0 Å². The number of methoxy groups -OCH3 is 1. The third kappa shape index (κ3) is 7.69. The minimum Gasteiger partial charge on any atom is -0.497 e. The number of hydrogen-bond acceptors (Lipinski definition) is 8. The fourth-order valence-corrected chi connectivity index (χ4v) is 4.90. The molecule has 2 heterocycles. The normalized spacial score (nSPS) is 18.6. The predicted molar refractivity (Wildman–Crippen MR) is 142 cm³/mol. The molecule has 0 spiro atoms. The summed E-state index contributed by atoms with van der Waals surface area (Å²) in [5.74, 6) is 1.87. The van der Waals surface area contributed by atoms with Gasteiger partial charge in [0, 0.05) is 38.0 Å². The van der Waals surface area contributed by atoms with Gasteiger partial charge in [0.1, 0.15) is 25.1 Å². The van der Waals surface area contributed by atoms with Crippen LogP contribution in [-0.2, 0) is 4.79 Å². The standard InChI is InChI=1S/C29H38N2O7/c1-36-23-10-7-20(8-11-23)25(33)5-3-2-4-6-28(34)30-24(19-31-14-13-22(32)18-31)29(35)21-9-12-26-27(17-21)38-16-15-37-26/h7-12,17,22,24,29,32,35H,2-6,13-16,18-19H2,1H3,(H,30,34)/t22-,24+,29+/m0/s1. The number of ketones is 1. The molecule has 2 aliphatic heterocycles. The van der Waals surface area contributed by atoms with E-state index in [1.807, 2.05) is 0 Å². The summed E-state index contributed by atoms with van der Waals surface area (Å²) in [6.45, 7) is 2.59. The zero-order chi connectivity index (χ0) is 26.9. The maximum absolute atomic E-state index is 12.8. The first-order chi connectivity index (χ1) is 18.4. The lowest BCUT2D eigenvalue weighted by atomic mass is 10.00. The summed E-state index contributed by atoms with van der Waals surface area (Å²) in [7, 11) is 1.59. The third-order valence-electron chi connectivity index (χ3n) is 7.06. The van der Waals surface area contributed by atoms with Gasteiger partial charge in [-0.3, -0.25) is 14.5 Å². The van der Waals surface area contributed by atoms with Crippen molar-refractivity contribution in [2.45, 2.75) is 56.8 Å². The molecule has 206 valence electrons. The third-order valence-corrected chi connectivity index (χ3v) is 7.06. The van der Waals surface area contributed by atoms with E-state index in [0.717, 1.165) is 6.42 Å². The molecule has 2 aromatic rings. The Morgan fingerprint density at radius 3 is 2.50 bits per heavy atom. The lowest BCUT2D eigenvalue weighted by Gasteiger charge is -2.29. The van der Waals surface area contributed by atoms with Crippen molar-refractivity contribution >= 4 is 11.7 Å². The molecule has 9 nitrogen and oxygen atoms in total. The Bertz CT molecular complexity index is 1080. The van der Waals surface area contributed by atoms with E-state index in [-0.39, 0.29) is 11.7 Å². The van der Waals surface area contributed by atoms with E-state index in [1.165, 1.54) is 0 Å². The molecule has 0 radical (unpaired) electrons. The number of carbonyl (C=O) groups is 2. The van der Waals surface area contributed by atoms with Gasteiger partial charge in [-0.05, 0) is 61.2 Å². The molecular weight excluding hydrogens is 488 g/mol. The fraction of sp³-hybridized carbons (Fsp3) is 0.517. The van der Waals surface area contributed by atoms with Crippen LogP contribution in [-0.4, -0.2) is 78.9 Å². The van der Waals surface area contributed by atoms with Crippen LogP contribution >= 0.6 is 0 Å². The van der Waals surface area contributed by atoms with Gasteiger partial charge in [0.05, 0.1) is 19.3 Å². The molecule has 0 unspecified atom stereocenters. The summed E-state index contributed by atoms with van der Waals surface area (Å²) in [5.41, 5.74) is 1.29. The monoisotopic (exact) mass is 526 g/mol. The number of carbonyl (C=O) groups excluding carboxylic acids is 2. The molecule has 4 rings (SSSR count). The second-order valence-corrected chi connectivity index (χ2v) is 9.94. The maximum atomic E-state index is 12.8. The number of amides is 1. The summed E-state index contributed by atoms with van der Waals surface area (Å²) < 4.78 is 16.4. The summed E-state index contributed by atoms with van der Waals surface area (Å²) >= 11 is 0. The number of β-amino-alcohol motifs (C(OH)–C–C–N with tert-alkyl or cyclic N) is 1. The maximum Gasteiger partial charge on any atom is 0.220 e. The Morgan fingerprint density at radius 2 is 1.79 bits per heavy atom. The Hall–Kier alpha value is -3.14. The molecule has 2 aromatic carbocycles. The highest BCUT2D eigenvalue weighted by molar-refractivity contribution is 5.96. The Kier molecular flexibility index (Phi) is 9.98. The van der Waals surface area contributed by atoms with Gasteiger partial charge in [0.2, 0.25) is 5.91 Å². The Balaban J connectivity index is 1.27. The zero-order valence-corrected chi connectivity index (χ0v) is 21.9. The van der Waals surface area contributed by atoms with Gasteiger partial charge in [0.15, 0.2) is 17.3 Å². The topological polar surface area (TPSA) is 118 Å². The van der Waals surface area contributed by atoms with Crippen molar-refractivity contribution in [2.24, 2.45) is 0 Å². The number of nitrogens with zero attached hydrogens (tertiary/aromatic N) is 1. The van der Waals surface area contributed by atoms with E-state index in [0.29, 0.717) is 93.3 Å². The molecule has 1 saturated heterocycles. The lowest BCUT2D eigenvalue weighted by molar-refractivity contribution is -0.123. The van der Waals surface area contributed by atoms with Gasteiger partial charge in [-0.1, -0.05) is 12.5 Å². The number of aliphatic hydroxyl groups excluding tert-OH is 2. The van der Waals surface area contributed by atoms with E-state index in [4.69, 9.17) is 14.2 Å². The summed E-state index contributed by atoms with van der Waals surface area (Å²) in [6, 6.07) is 11.9. The molecule has 0 saturated carbocycles. The number of likely N-dealkylation sites (tertiary alicyclic amines) is 1. The largest absolute Gasteiger partial charge is 0.497 e. The van der Waals surface area contributed by atoms with Crippen molar-refractivity contribution in [2.75, 3.05) is 40.0 Å².